The summed E-state index contributed by atoms with van der Waals surface area (Å²) in [4.78, 5) is 47.3. The van der Waals surface area contributed by atoms with Crippen LogP contribution in [0.5, 0.6) is 0 Å². The Kier molecular flexibility index (Phi) is 11.6. The molecule has 1 heterocycles. The molecule has 0 aliphatic carbocycles. The normalized spacial score (nSPS) is 17.5. The second-order valence-corrected chi connectivity index (χ2v) is 10.3. The lowest BCUT2D eigenvalue weighted by molar-refractivity contribution is -0.166. The van der Waals surface area contributed by atoms with Crippen LogP contribution >= 0.6 is 11.6 Å². The molecule has 4 rings (SSSR count). The maximum absolute atomic E-state index is 12.2. The first-order valence-corrected chi connectivity index (χ1v) is 13.6. The molecule has 1 aliphatic heterocycles. The minimum Gasteiger partial charge on any atom is -0.478 e. The molecule has 0 saturated carbocycles. The molecule has 0 radical (unpaired) electrons. The number of nitrogens with two attached hydrogens (primary N) is 1. The number of halogens is 1. The van der Waals surface area contributed by atoms with Gasteiger partial charge in [-0.15, -0.1) is 0 Å². The lowest BCUT2D eigenvalue weighted by atomic mass is 9.93. The Bertz CT molecular complexity index is 1300. The molecule has 0 unspecified atom stereocenters. The van der Waals surface area contributed by atoms with Crippen molar-refractivity contribution in [1.82, 2.24) is 5.32 Å². The monoisotopic (exact) mass is 596 g/mol. The van der Waals surface area contributed by atoms with Crippen LogP contribution in [0.15, 0.2) is 72.8 Å². The highest BCUT2D eigenvalue weighted by atomic mass is 35.5. The van der Waals surface area contributed by atoms with Crippen LogP contribution in [-0.2, 0) is 19.1 Å². The number of hydrogen-bond donors (Lipinski definition) is 4. The van der Waals surface area contributed by atoms with Crippen LogP contribution in [0.2, 0.25) is 5.02 Å². The largest absolute Gasteiger partial charge is 0.478 e. The number of aliphatic carboxylic acids is 2. The van der Waals surface area contributed by atoms with Gasteiger partial charge in [0.1, 0.15) is 0 Å². The number of carboxylic acid groups (broad SMARTS) is 2. The van der Waals surface area contributed by atoms with Crippen LogP contribution in [0.1, 0.15) is 56.3 Å². The SMILES string of the molecule is Cc1ccc(C(=O)O[C@@H](C(=O)O)[C@@H](OC(=O)c2ccc(C)cc2)C(=O)O)cc1.N[C@H]1CCCN[C@H]1c1ccc(Cl)cc1. The zero-order valence-electron chi connectivity index (χ0n) is 23.2. The number of aryl methyl sites for hydroxylation is 2. The molecular formula is C31H33ClN2O8. The fourth-order valence-electron chi connectivity index (χ4n) is 4.18. The molecule has 3 aromatic rings. The number of carbonyl (C=O) groups is 4. The maximum Gasteiger partial charge on any atom is 0.349 e. The van der Waals surface area contributed by atoms with E-state index in [1.54, 1.807) is 38.1 Å². The molecule has 1 fully saturated rings. The van der Waals surface area contributed by atoms with Gasteiger partial charge in [-0.2, -0.15) is 0 Å². The van der Waals surface area contributed by atoms with Crippen LogP contribution in [0.25, 0.3) is 0 Å². The Balaban J connectivity index is 0.000000287. The van der Waals surface area contributed by atoms with E-state index < -0.39 is 36.1 Å². The van der Waals surface area contributed by atoms with Crippen molar-refractivity contribution in [3.05, 3.63) is 106 Å². The van der Waals surface area contributed by atoms with E-state index in [9.17, 15) is 29.4 Å². The Morgan fingerprint density at radius 1 is 0.786 bits per heavy atom. The molecule has 11 heteroatoms. The molecule has 3 aromatic carbocycles. The summed E-state index contributed by atoms with van der Waals surface area (Å²) < 4.78 is 9.64. The van der Waals surface area contributed by atoms with Gasteiger partial charge in [0.2, 0.25) is 12.2 Å². The molecule has 0 bridgehead atoms. The van der Waals surface area contributed by atoms with Gasteiger partial charge in [-0.1, -0.05) is 59.1 Å². The molecule has 0 amide bonds. The standard InChI is InChI=1S/C20H18O8.C11H15ClN2/c1-11-3-7-13(8-4-11)19(25)27-15(17(21)22)16(18(23)24)28-20(26)14-9-5-12(2)6-10-14;12-9-5-3-8(4-6-9)11-10(13)2-1-7-14-11/h3-10,15-16H,1-2H3,(H,21,22)(H,23,24);3-6,10-11,14H,1-2,7,13H2/t15-,16-;10-,11-/m10/s1. The summed E-state index contributed by atoms with van der Waals surface area (Å²) in [6.45, 7) is 4.64. The Morgan fingerprint density at radius 2 is 1.21 bits per heavy atom. The minimum absolute atomic E-state index is 0.0332. The highest BCUT2D eigenvalue weighted by molar-refractivity contribution is 6.30. The van der Waals surface area contributed by atoms with E-state index in [1.165, 1.54) is 36.2 Å². The maximum atomic E-state index is 12.2. The van der Waals surface area contributed by atoms with Crippen molar-refractivity contribution in [2.45, 2.75) is 51.0 Å². The van der Waals surface area contributed by atoms with Gasteiger partial charge < -0.3 is 30.7 Å². The molecule has 1 saturated heterocycles. The van der Waals surface area contributed by atoms with Gasteiger partial charge in [-0.3, -0.25) is 0 Å². The first kappa shape index (κ1) is 32.3. The molecule has 42 heavy (non-hydrogen) atoms. The van der Waals surface area contributed by atoms with E-state index in [1.807, 2.05) is 24.3 Å². The molecule has 0 aromatic heterocycles. The van der Waals surface area contributed by atoms with Gasteiger partial charge in [0.05, 0.1) is 11.1 Å². The predicted octanol–water partition coefficient (Wildman–Crippen LogP) is 4.32. The fourth-order valence-corrected chi connectivity index (χ4v) is 4.30. The van der Waals surface area contributed by atoms with E-state index >= 15 is 0 Å². The van der Waals surface area contributed by atoms with Crippen LogP contribution in [0, 0.1) is 13.8 Å². The topological polar surface area (TPSA) is 165 Å². The van der Waals surface area contributed by atoms with Crippen molar-refractivity contribution in [3.63, 3.8) is 0 Å². The summed E-state index contributed by atoms with van der Waals surface area (Å²) in [7, 11) is 0. The minimum atomic E-state index is -2.22. The second kappa shape index (κ2) is 15.1. The fraction of sp³-hybridized carbons (Fsp3) is 0.290. The lowest BCUT2D eigenvalue weighted by Crippen LogP contribution is -2.45. The van der Waals surface area contributed by atoms with Gasteiger partial charge in [-0.25, -0.2) is 19.2 Å². The zero-order valence-corrected chi connectivity index (χ0v) is 23.9. The first-order chi connectivity index (χ1) is 20.0. The van der Waals surface area contributed by atoms with Crippen LogP contribution in [-0.4, -0.2) is 58.9 Å². The van der Waals surface area contributed by atoms with E-state index in [0.717, 1.165) is 29.1 Å². The summed E-state index contributed by atoms with van der Waals surface area (Å²) >= 11 is 5.84. The molecular weight excluding hydrogens is 564 g/mol. The van der Waals surface area contributed by atoms with Gasteiger partial charge in [-0.05, 0) is 75.2 Å². The lowest BCUT2D eigenvalue weighted by Gasteiger charge is -2.30. The number of benzene rings is 3. The van der Waals surface area contributed by atoms with E-state index in [-0.39, 0.29) is 17.2 Å². The average Bonchev–Trinajstić information content (AvgIpc) is 2.96. The molecule has 4 atom stereocenters. The zero-order chi connectivity index (χ0) is 30.8. The summed E-state index contributed by atoms with van der Waals surface area (Å²) in [6, 6.07) is 20.5. The Hall–Kier alpha value is -4.25. The highest BCUT2D eigenvalue weighted by Gasteiger charge is 2.41. The number of carboxylic acids is 2. The number of piperidine rings is 1. The molecule has 10 nitrogen and oxygen atoms in total. The quantitative estimate of drug-likeness (QED) is 0.275. The van der Waals surface area contributed by atoms with Crippen LogP contribution < -0.4 is 11.1 Å². The van der Waals surface area contributed by atoms with E-state index in [2.05, 4.69) is 5.32 Å². The first-order valence-electron chi connectivity index (χ1n) is 13.2. The van der Waals surface area contributed by atoms with Crippen molar-refractivity contribution in [2.24, 2.45) is 5.73 Å². The number of ether oxygens (including phenoxy) is 2. The third kappa shape index (κ3) is 9.13. The van der Waals surface area contributed by atoms with Crippen molar-refractivity contribution in [2.75, 3.05) is 6.54 Å². The third-order valence-electron chi connectivity index (χ3n) is 6.54. The molecule has 222 valence electrons. The van der Waals surface area contributed by atoms with Crippen molar-refractivity contribution in [1.29, 1.82) is 0 Å². The van der Waals surface area contributed by atoms with Gasteiger partial charge >= 0.3 is 23.9 Å². The summed E-state index contributed by atoms with van der Waals surface area (Å²) in [6.07, 6.45) is -2.17. The van der Waals surface area contributed by atoms with Crippen molar-refractivity contribution in [3.8, 4) is 0 Å². The van der Waals surface area contributed by atoms with E-state index in [0.29, 0.717) is 6.04 Å². The molecule has 0 spiro atoms. The van der Waals surface area contributed by atoms with E-state index in [4.69, 9.17) is 26.8 Å². The van der Waals surface area contributed by atoms with Crippen molar-refractivity contribution >= 4 is 35.5 Å². The predicted molar refractivity (Wildman–Crippen MR) is 155 cm³/mol. The van der Waals surface area contributed by atoms with Gasteiger partial charge in [0, 0.05) is 17.1 Å². The average molecular weight is 597 g/mol. The number of carbonyl (C=O) groups excluding carboxylic acids is 2. The van der Waals surface area contributed by atoms with Gasteiger partial charge in [0.15, 0.2) is 0 Å². The smallest absolute Gasteiger partial charge is 0.349 e. The highest BCUT2D eigenvalue weighted by Crippen LogP contribution is 2.23. The van der Waals surface area contributed by atoms with Crippen LogP contribution in [0.4, 0.5) is 0 Å². The molecule has 1 aliphatic rings. The Morgan fingerprint density at radius 3 is 1.60 bits per heavy atom. The van der Waals surface area contributed by atoms with Crippen LogP contribution in [0.3, 0.4) is 0 Å². The number of nitrogens with one attached hydrogen (secondary N) is 1. The van der Waals surface area contributed by atoms with Crippen molar-refractivity contribution < 1.29 is 38.9 Å². The summed E-state index contributed by atoms with van der Waals surface area (Å²) in [5.74, 6) is -5.62. The van der Waals surface area contributed by atoms with Gasteiger partial charge in [0.25, 0.3) is 0 Å². The number of hydrogen-bond acceptors (Lipinski definition) is 8. The summed E-state index contributed by atoms with van der Waals surface area (Å²) in [5.41, 5.74) is 9.08. The Labute approximate surface area is 248 Å². The second-order valence-electron chi connectivity index (χ2n) is 9.85. The number of esters is 2. The summed E-state index contributed by atoms with van der Waals surface area (Å²) in [5, 5.41) is 22.9. The molecule has 5 N–H and O–H groups in total. The number of rotatable bonds is 8. The third-order valence-corrected chi connectivity index (χ3v) is 6.79.